The Morgan fingerprint density at radius 3 is 2.20 bits per heavy atom. The molecule has 0 saturated carbocycles. The van der Waals surface area contributed by atoms with Gasteiger partial charge in [0.25, 0.3) is 0 Å². The van der Waals surface area contributed by atoms with Crippen LogP contribution in [0.15, 0.2) is 0 Å². The SMILES string of the molecule is CC(C(=O)O)N(C)[C-]=O.[Fm]. The molecule has 0 aliphatic carbocycles. The predicted octanol–water partition coefficient (Wildman–Crippen LogP) is -0.541. The summed E-state index contributed by atoms with van der Waals surface area (Å²) >= 11 is 0. The Hall–Kier alpha value is -2.06. The van der Waals surface area contributed by atoms with Crippen molar-refractivity contribution < 1.29 is 14.7 Å². The summed E-state index contributed by atoms with van der Waals surface area (Å²) in [6.07, 6.45) is 1.45. The molecule has 0 aliphatic heterocycles. The normalized spacial score (nSPS) is 11.0. The van der Waals surface area contributed by atoms with Crippen LogP contribution in [0, 0.1) is 0 Å². The molecule has 0 aliphatic rings. The van der Waals surface area contributed by atoms with Crippen LogP contribution >= 0.6 is 0 Å². The van der Waals surface area contributed by atoms with Gasteiger partial charge in [0.15, 0.2) is 0 Å². The fourth-order valence-corrected chi connectivity index (χ4v) is 0.245. The minimum absolute atomic E-state index is 0. The number of carbonyl (C=O) groups is 1. The van der Waals surface area contributed by atoms with Gasteiger partial charge in [0, 0.05) is 0 Å². The molecule has 4 nitrogen and oxygen atoms in total. The van der Waals surface area contributed by atoms with Crippen molar-refractivity contribution in [2.24, 2.45) is 0 Å². The molecule has 0 heterocycles. The van der Waals surface area contributed by atoms with Crippen LogP contribution < -0.4 is 0 Å². The van der Waals surface area contributed by atoms with Crippen molar-refractivity contribution in [3.8, 4) is 0 Å². The first-order chi connectivity index (χ1) is 4.09. The van der Waals surface area contributed by atoms with E-state index in [9.17, 15) is 9.59 Å². The van der Waals surface area contributed by atoms with E-state index in [2.05, 4.69) is 0 Å². The Morgan fingerprint density at radius 1 is 1.70 bits per heavy atom. The molecule has 1 atom stereocenters. The summed E-state index contributed by atoms with van der Waals surface area (Å²) in [6, 6.07) is -0.789. The Bertz CT molecular complexity index is 128. The van der Waals surface area contributed by atoms with E-state index in [0.717, 1.165) is 4.90 Å². The monoisotopic (exact) mass is 387 g/mol. The number of hydrogen-bond donors (Lipinski definition) is 1. The summed E-state index contributed by atoms with van der Waals surface area (Å²) in [5, 5.41) is 8.26. The number of hydrogen-bond acceptors (Lipinski definition) is 2. The quantitative estimate of drug-likeness (QED) is 0.523. The van der Waals surface area contributed by atoms with Crippen molar-refractivity contribution in [2.45, 2.75) is 13.0 Å². The molecular weight excluding hydrogens is 379 g/mol. The van der Waals surface area contributed by atoms with Crippen molar-refractivity contribution in [3.63, 3.8) is 0 Å². The maximum atomic E-state index is 10.1. The molecule has 1 N–H and O–H groups in total. The van der Waals surface area contributed by atoms with Crippen LogP contribution in [0.4, 0.5) is 0 Å². The topological polar surface area (TPSA) is 57.6 Å². The van der Waals surface area contributed by atoms with Crippen LogP contribution in [-0.4, -0.2) is 35.5 Å². The van der Waals surface area contributed by atoms with Gasteiger partial charge in [-0.1, -0.05) is 0 Å². The van der Waals surface area contributed by atoms with Gasteiger partial charge in [-0.25, -0.2) is 0 Å². The molecule has 0 fully saturated rings. The molecule has 0 aromatic rings. The van der Waals surface area contributed by atoms with Crippen molar-refractivity contribution in [2.75, 3.05) is 7.05 Å². The second kappa shape index (κ2) is 3.88. The maximum Gasteiger partial charge on any atom is 0.323 e. The molecule has 0 saturated heterocycles. The number of rotatable bonds is 3. The van der Waals surface area contributed by atoms with Crippen LogP contribution in [0.3, 0.4) is 0 Å². The molecule has 1 unspecified atom stereocenters. The summed E-state index contributed by atoms with van der Waals surface area (Å²) in [5.74, 6) is -1.03. The van der Waals surface area contributed by atoms with Crippen molar-refractivity contribution in [1.82, 2.24) is 4.90 Å². The number of carboxylic acids is 1. The van der Waals surface area contributed by atoms with Crippen LogP contribution in [-0.2, 0) is 9.59 Å². The van der Waals surface area contributed by atoms with Gasteiger partial charge in [-0.3, -0.25) is 4.79 Å². The van der Waals surface area contributed by atoms with Crippen LogP contribution in [0.25, 0.3) is 0 Å². The number of carbonyl (C=O) groups excluding carboxylic acids is 1. The van der Waals surface area contributed by atoms with E-state index in [-0.39, 0.29) is 0 Å². The van der Waals surface area contributed by atoms with Gasteiger partial charge >= 0.3 is 5.97 Å². The van der Waals surface area contributed by atoms with E-state index in [1.165, 1.54) is 20.4 Å². The standard InChI is InChI=1S/C5H8NO3.Fm/c1-4(5(8)9)6(2)3-7;/h4H,1-2H3,(H,8,9);/q-1;. The molecule has 0 rings (SSSR count). The van der Waals surface area contributed by atoms with Gasteiger partial charge in [0.05, 0.1) is 6.04 Å². The smallest absolute Gasteiger partial charge is 0.323 e. The summed E-state index contributed by atoms with van der Waals surface area (Å²) in [6.45, 7) is 1.41. The fraction of sp³-hybridized carbons (Fsp3) is 0.600. The van der Waals surface area contributed by atoms with Gasteiger partial charge in [0.2, 0.25) is 0 Å². The second-order valence-corrected chi connectivity index (χ2v) is 1.72. The Kier molecular flexibility index (Phi) is 4.21. The molecule has 10 heavy (non-hydrogen) atoms. The molecular formula is C5H8FmNO3-. The van der Waals surface area contributed by atoms with Crippen molar-refractivity contribution in [3.05, 3.63) is 0 Å². The predicted molar refractivity (Wildman–Crippen MR) is 30.6 cm³/mol. The zero-order valence-corrected chi connectivity index (χ0v) is 7.98. The van der Waals surface area contributed by atoms with E-state index in [1.807, 2.05) is 0 Å². The molecule has 0 aromatic heterocycles. The van der Waals surface area contributed by atoms with Gasteiger partial charge < -0.3 is 14.8 Å². The van der Waals surface area contributed by atoms with Crippen LogP contribution in [0.1, 0.15) is 6.92 Å². The van der Waals surface area contributed by atoms with Gasteiger partial charge in [-0.05, 0) is 14.0 Å². The summed E-state index contributed by atoms with van der Waals surface area (Å²) < 4.78 is 0. The number of likely N-dealkylation sites (N-methyl/N-ethyl adjacent to an activating group) is 1. The van der Waals surface area contributed by atoms with Crippen LogP contribution in [0.2, 0.25) is 0 Å². The van der Waals surface area contributed by atoms with E-state index in [0.29, 0.717) is 0 Å². The van der Waals surface area contributed by atoms with E-state index in [1.54, 1.807) is 0 Å². The molecule has 0 spiro atoms. The number of nitrogens with zero attached hydrogens (tertiary/aromatic N) is 1. The van der Waals surface area contributed by atoms with Gasteiger partial charge in [-0.15, -0.1) is 0 Å². The first-order valence-electron chi connectivity index (χ1n) is 2.43. The fourth-order valence-electron chi connectivity index (χ4n) is 0.245. The maximum absolute atomic E-state index is 10.1. The van der Waals surface area contributed by atoms with Gasteiger partial charge in [-0.2, -0.15) is 6.41 Å². The van der Waals surface area contributed by atoms with Gasteiger partial charge in [0.1, 0.15) is 0 Å². The third kappa shape index (κ3) is 2.30. The minimum Gasteiger partial charge on any atom is -0.520 e. The Balaban J connectivity index is 0. The summed E-state index contributed by atoms with van der Waals surface area (Å²) in [5.41, 5.74) is 0. The third-order valence-electron chi connectivity index (χ3n) is 1.08. The van der Waals surface area contributed by atoms with Crippen LogP contribution in [0.5, 0.6) is 0 Å². The molecule has 0 aromatic carbocycles. The third-order valence-corrected chi connectivity index (χ3v) is 1.08. The molecule has 1 amide bonds. The number of carboxylic acid groups (broad SMARTS) is 1. The van der Waals surface area contributed by atoms with Crippen molar-refractivity contribution >= 4 is 12.4 Å². The number of amides is 1. The van der Waals surface area contributed by atoms with E-state index in [4.69, 9.17) is 5.11 Å². The van der Waals surface area contributed by atoms with E-state index < -0.39 is 12.0 Å². The average molecular weight is 387 g/mol. The first-order valence-corrected chi connectivity index (χ1v) is 2.43. The zero-order valence-electron chi connectivity index (χ0n) is 5.58. The first kappa shape index (κ1) is 10.8. The molecule has 5 heteroatoms. The Morgan fingerprint density at radius 2 is 2.10 bits per heavy atom. The van der Waals surface area contributed by atoms with E-state index >= 15 is 0 Å². The summed E-state index contributed by atoms with van der Waals surface area (Å²) in [4.78, 5) is 20.8. The largest absolute Gasteiger partial charge is 0.520 e. The second-order valence-electron chi connectivity index (χ2n) is 1.72. The molecule has 0 bridgehead atoms. The average Bonchev–Trinajstić information content (AvgIpc) is 1.84. The summed E-state index contributed by atoms with van der Waals surface area (Å²) in [7, 11) is 1.37. The number of aliphatic carboxylic acids is 1. The molecule has 64 valence electrons. The zero-order chi connectivity index (χ0) is 7.44. The Labute approximate surface area is 53.1 Å². The minimum atomic E-state index is -1.03. The molecule has 0 radical (unpaired) electrons. The van der Waals surface area contributed by atoms with Crippen molar-refractivity contribution in [1.29, 1.82) is 0 Å².